The van der Waals surface area contributed by atoms with E-state index < -0.39 is 0 Å². The summed E-state index contributed by atoms with van der Waals surface area (Å²) in [4.78, 5) is 14.9. The molecule has 0 fully saturated rings. The van der Waals surface area contributed by atoms with Crippen molar-refractivity contribution in [2.45, 2.75) is 26.3 Å². The molecular weight excluding hydrogens is 382 g/mol. The molecule has 7 nitrogen and oxygen atoms in total. The number of aromatic amines is 1. The van der Waals surface area contributed by atoms with E-state index in [1.807, 2.05) is 50.2 Å². The normalized spacial score (nSPS) is 15.5. The minimum Gasteiger partial charge on any atom is -0.507 e. The third-order valence-corrected chi connectivity index (χ3v) is 5.55. The molecule has 1 atom stereocenters. The number of aryl methyl sites for hydroxylation is 2. The van der Waals surface area contributed by atoms with Gasteiger partial charge in [-0.05, 0) is 55.2 Å². The van der Waals surface area contributed by atoms with Crippen molar-refractivity contribution in [1.29, 1.82) is 0 Å². The second-order valence-corrected chi connectivity index (χ2v) is 7.59. The molecular formula is C23H25N3O4. The second kappa shape index (κ2) is 7.84. The summed E-state index contributed by atoms with van der Waals surface area (Å²) in [6.45, 7) is 4.21. The Balaban J connectivity index is 1.89. The molecule has 0 radical (unpaired) electrons. The second-order valence-electron chi connectivity index (χ2n) is 7.59. The van der Waals surface area contributed by atoms with Gasteiger partial charge in [0.1, 0.15) is 22.9 Å². The molecule has 0 saturated heterocycles. The minimum atomic E-state index is -0.376. The van der Waals surface area contributed by atoms with Crippen molar-refractivity contribution in [2.24, 2.45) is 0 Å². The van der Waals surface area contributed by atoms with Crippen molar-refractivity contribution >= 4 is 5.91 Å². The van der Waals surface area contributed by atoms with Crippen molar-refractivity contribution < 1.29 is 19.7 Å². The summed E-state index contributed by atoms with van der Waals surface area (Å²) in [5.41, 5.74) is 4.98. The number of hydrogen-bond acceptors (Lipinski definition) is 5. The Hall–Kier alpha value is -3.32. The zero-order valence-corrected chi connectivity index (χ0v) is 17.3. The molecule has 0 unspecified atom stereocenters. The Labute approximate surface area is 174 Å². The summed E-state index contributed by atoms with van der Waals surface area (Å²) in [5.74, 6) is 0.719. The number of methoxy groups -OCH3 is 1. The van der Waals surface area contributed by atoms with Crippen LogP contribution in [0, 0.1) is 13.8 Å². The first-order chi connectivity index (χ1) is 14.5. The molecule has 2 heterocycles. The fourth-order valence-electron chi connectivity index (χ4n) is 4.15. The van der Waals surface area contributed by atoms with E-state index in [2.05, 4.69) is 10.2 Å². The lowest BCUT2D eigenvalue weighted by atomic mass is 9.94. The Bertz CT molecular complexity index is 1090. The summed E-state index contributed by atoms with van der Waals surface area (Å²) in [6.07, 6.45) is 0.472. The molecule has 156 valence electrons. The van der Waals surface area contributed by atoms with Gasteiger partial charge in [0.25, 0.3) is 5.91 Å². The first kappa shape index (κ1) is 20.0. The highest BCUT2D eigenvalue weighted by Gasteiger charge is 2.42. The summed E-state index contributed by atoms with van der Waals surface area (Å²) < 4.78 is 5.27. The number of hydrogen-bond donors (Lipinski definition) is 3. The number of nitrogens with one attached hydrogen (secondary N) is 1. The molecule has 0 saturated carbocycles. The predicted octanol–water partition coefficient (Wildman–Crippen LogP) is 3.34. The molecule has 0 aliphatic carbocycles. The summed E-state index contributed by atoms with van der Waals surface area (Å²) in [6, 6.07) is 11.0. The number of nitrogens with zero attached hydrogens (tertiary/aromatic N) is 2. The highest BCUT2D eigenvalue weighted by atomic mass is 16.5. The van der Waals surface area contributed by atoms with Gasteiger partial charge in [-0.3, -0.25) is 9.89 Å². The van der Waals surface area contributed by atoms with E-state index >= 15 is 0 Å². The Kier molecular flexibility index (Phi) is 5.22. The van der Waals surface area contributed by atoms with Crippen molar-refractivity contribution in [2.75, 3.05) is 20.3 Å². The highest BCUT2D eigenvalue weighted by Crippen LogP contribution is 2.45. The fraction of sp³-hybridized carbons (Fsp3) is 0.304. The third-order valence-electron chi connectivity index (χ3n) is 5.55. The number of aromatic nitrogens is 2. The van der Waals surface area contributed by atoms with Crippen LogP contribution < -0.4 is 4.74 Å². The molecule has 3 aromatic rings. The molecule has 2 aromatic carbocycles. The van der Waals surface area contributed by atoms with Gasteiger partial charge in [0.05, 0.1) is 13.2 Å². The number of amides is 1. The average Bonchev–Trinajstić information content (AvgIpc) is 3.28. The van der Waals surface area contributed by atoms with Crippen LogP contribution in [-0.4, -0.2) is 51.5 Å². The number of aromatic hydroxyl groups is 1. The molecule has 0 bridgehead atoms. The number of H-pyrrole nitrogens is 1. The van der Waals surface area contributed by atoms with Gasteiger partial charge >= 0.3 is 0 Å². The lowest BCUT2D eigenvalue weighted by Crippen LogP contribution is -2.31. The largest absolute Gasteiger partial charge is 0.507 e. The Morgan fingerprint density at radius 1 is 1.20 bits per heavy atom. The molecule has 30 heavy (non-hydrogen) atoms. The van der Waals surface area contributed by atoms with Gasteiger partial charge in [0, 0.05) is 24.3 Å². The Morgan fingerprint density at radius 2 is 1.93 bits per heavy atom. The molecule has 1 amide bonds. The smallest absolute Gasteiger partial charge is 0.273 e. The number of phenols is 1. The lowest BCUT2D eigenvalue weighted by Gasteiger charge is -2.26. The van der Waals surface area contributed by atoms with Gasteiger partial charge in [-0.1, -0.05) is 18.2 Å². The number of ether oxygens (including phenoxy) is 1. The van der Waals surface area contributed by atoms with E-state index in [1.54, 1.807) is 12.0 Å². The van der Waals surface area contributed by atoms with Gasteiger partial charge in [0.15, 0.2) is 0 Å². The monoisotopic (exact) mass is 407 g/mol. The summed E-state index contributed by atoms with van der Waals surface area (Å²) in [7, 11) is 1.61. The molecule has 7 heteroatoms. The maximum Gasteiger partial charge on any atom is 0.273 e. The lowest BCUT2D eigenvalue weighted by molar-refractivity contribution is 0.0732. The number of rotatable bonds is 6. The minimum absolute atomic E-state index is 0.00395. The molecule has 0 spiro atoms. The summed E-state index contributed by atoms with van der Waals surface area (Å²) in [5, 5.41) is 27.4. The van der Waals surface area contributed by atoms with Crippen molar-refractivity contribution in [3.8, 4) is 22.8 Å². The van der Waals surface area contributed by atoms with E-state index in [4.69, 9.17) is 4.74 Å². The van der Waals surface area contributed by atoms with Crippen LogP contribution in [0.1, 0.15) is 45.2 Å². The number of fused-ring (bicyclic) bond motifs is 1. The SMILES string of the molecule is COc1ccc([C@H]2c3c(-c4cc(C)cc(C)c4O)n[nH]c3C(=O)N2CCCO)cc1. The average molecular weight is 407 g/mol. The molecule has 4 rings (SSSR count). The van der Waals surface area contributed by atoms with Crippen LogP contribution in [0.5, 0.6) is 11.5 Å². The zero-order chi connectivity index (χ0) is 21.4. The quantitative estimate of drug-likeness (QED) is 0.582. The highest BCUT2D eigenvalue weighted by molar-refractivity contribution is 6.00. The Morgan fingerprint density at radius 3 is 2.60 bits per heavy atom. The number of phenolic OH excluding ortho intramolecular Hbond substituents is 1. The third kappa shape index (κ3) is 3.21. The van der Waals surface area contributed by atoms with Gasteiger partial charge in [-0.15, -0.1) is 0 Å². The van der Waals surface area contributed by atoms with Crippen LogP contribution in [0.4, 0.5) is 0 Å². The van der Waals surface area contributed by atoms with Gasteiger partial charge < -0.3 is 19.8 Å². The molecule has 3 N–H and O–H groups in total. The number of aliphatic hydroxyl groups excluding tert-OH is 1. The van der Waals surface area contributed by atoms with E-state index in [9.17, 15) is 15.0 Å². The summed E-state index contributed by atoms with van der Waals surface area (Å²) >= 11 is 0. The number of carbonyl (C=O) groups excluding carboxylic acids is 1. The van der Waals surface area contributed by atoms with Crippen LogP contribution in [0.15, 0.2) is 36.4 Å². The van der Waals surface area contributed by atoms with Gasteiger partial charge in [-0.25, -0.2) is 0 Å². The van der Waals surface area contributed by atoms with Gasteiger partial charge in [0.2, 0.25) is 0 Å². The first-order valence-corrected chi connectivity index (χ1v) is 9.90. The number of carbonyl (C=O) groups is 1. The van der Waals surface area contributed by atoms with Crippen LogP contribution >= 0.6 is 0 Å². The maximum atomic E-state index is 13.2. The molecule has 1 aliphatic heterocycles. The fourth-order valence-corrected chi connectivity index (χ4v) is 4.15. The standard InChI is InChI=1S/C23H25N3O4/c1-13-11-14(2)22(28)17(12-13)19-18-20(25-24-19)23(29)26(9-4-10-27)21(18)15-5-7-16(30-3)8-6-15/h5-8,11-12,21,27-28H,4,9-10H2,1-3H3,(H,24,25)/t21-/m0/s1. The van der Waals surface area contributed by atoms with E-state index in [-0.39, 0.29) is 24.3 Å². The molecule has 1 aromatic heterocycles. The molecule has 1 aliphatic rings. The van der Waals surface area contributed by atoms with Crippen LogP contribution in [0.2, 0.25) is 0 Å². The van der Waals surface area contributed by atoms with E-state index in [0.717, 1.165) is 28.0 Å². The van der Waals surface area contributed by atoms with E-state index in [0.29, 0.717) is 29.9 Å². The van der Waals surface area contributed by atoms with Crippen LogP contribution in [0.3, 0.4) is 0 Å². The number of benzene rings is 2. The van der Waals surface area contributed by atoms with Crippen molar-refractivity contribution in [3.05, 3.63) is 64.3 Å². The van der Waals surface area contributed by atoms with Crippen molar-refractivity contribution in [3.63, 3.8) is 0 Å². The van der Waals surface area contributed by atoms with Crippen LogP contribution in [0.25, 0.3) is 11.3 Å². The predicted molar refractivity (Wildman–Crippen MR) is 113 cm³/mol. The zero-order valence-electron chi connectivity index (χ0n) is 17.3. The first-order valence-electron chi connectivity index (χ1n) is 9.90. The van der Waals surface area contributed by atoms with Gasteiger partial charge in [-0.2, -0.15) is 5.10 Å². The van der Waals surface area contributed by atoms with Crippen LogP contribution in [-0.2, 0) is 0 Å². The topological polar surface area (TPSA) is 98.7 Å². The van der Waals surface area contributed by atoms with E-state index in [1.165, 1.54) is 0 Å². The number of aliphatic hydroxyl groups is 1. The maximum absolute atomic E-state index is 13.2. The van der Waals surface area contributed by atoms with Crippen molar-refractivity contribution in [1.82, 2.24) is 15.1 Å².